The molecule has 0 aliphatic rings. The van der Waals surface area contributed by atoms with Gasteiger partial charge in [0.2, 0.25) is 5.91 Å². The number of esters is 1. The van der Waals surface area contributed by atoms with Crippen molar-refractivity contribution in [3.8, 4) is 11.3 Å². The number of carbonyl (C=O) groups is 2. The molecule has 1 aromatic heterocycles. The number of hydrogen-bond donors (Lipinski definition) is 1. The van der Waals surface area contributed by atoms with E-state index in [0.29, 0.717) is 17.3 Å². The van der Waals surface area contributed by atoms with Crippen LogP contribution in [0.3, 0.4) is 0 Å². The molecule has 1 heterocycles. The van der Waals surface area contributed by atoms with Gasteiger partial charge >= 0.3 is 5.97 Å². The predicted molar refractivity (Wildman–Crippen MR) is 109 cm³/mol. The molecule has 0 unspecified atom stereocenters. The van der Waals surface area contributed by atoms with Gasteiger partial charge in [-0.15, -0.1) is 23.1 Å². The number of amides is 1. The van der Waals surface area contributed by atoms with Crippen LogP contribution in [0.15, 0.2) is 24.3 Å². The van der Waals surface area contributed by atoms with E-state index in [1.54, 1.807) is 0 Å². The Kier molecular flexibility index (Phi) is 8.12. The van der Waals surface area contributed by atoms with Crippen molar-refractivity contribution in [3.63, 3.8) is 0 Å². The molecule has 1 N–H and O–H groups in total. The zero-order valence-corrected chi connectivity index (χ0v) is 17.0. The average molecular weight is 393 g/mol. The highest BCUT2D eigenvalue weighted by atomic mass is 32.2. The Balaban J connectivity index is 1.90. The Morgan fingerprint density at radius 2 is 2.00 bits per heavy atom. The van der Waals surface area contributed by atoms with E-state index in [9.17, 15) is 9.59 Å². The fourth-order valence-corrected chi connectivity index (χ4v) is 4.01. The van der Waals surface area contributed by atoms with Crippen LogP contribution in [-0.4, -0.2) is 35.5 Å². The van der Waals surface area contributed by atoms with Crippen LogP contribution in [0.1, 0.15) is 30.2 Å². The molecular weight excluding hydrogens is 368 g/mol. The average Bonchev–Trinajstić information content (AvgIpc) is 2.99. The second-order valence-electron chi connectivity index (χ2n) is 5.80. The molecule has 0 aliphatic carbocycles. The third-order valence-corrected chi connectivity index (χ3v) is 5.55. The van der Waals surface area contributed by atoms with Crippen LogP contribution < -0.4 is 5.32 Å². The van der Waals surface area contributed by atoms with Crippen LogP contribution in [-0.2, 0) is 20.7 Å². The molecule has 0 saturated carbocycles. The molecule has 140 valence electrons. The van der Waals surface area contributed by atoms with Gasteiger partial charge in [-0.2, -0.15) is 0 Å². The van der Waals surface area contributed by atoms with Gasteiger partial charge in [-0.1, -0.05) is 37.6 Å². The number of ether oxygens (including phenoxy) is 1. The number of aryl methyl sites for hydroxylation is 2. The maximum absolute atomic E-state index is 12.0. The summed E-state index contributed by atoms with van der Waals surface area (Å²) in [6.45, 7) is 4.18. The molecule has 2 aromatic rings. The molecule has 26 heavy (non-hydrogen) atoms. The van der Waals surface area contributed by atoms with Crippen LogP contribution in [0.5, 0.6) is 0 Å². The summed E-state index contributed by atoms with van der Waals surface area (Å²) in [6.07, 6.45) is 2.54. The van der Waals surface area contributed by atoms with Gasteiger partial charge in [0.1, 0.15) is 0 Å². The normalized spacial score (nSPS) is 10.6. The number of nitrogens with one attached hydrogen (secondary N) is 1. The highest BCUT2D eigenvalue weighted by Gasteiger charge is 2.12. The monoisotopic (exact) mass is 392 g/mol. The number of rotatable bonds is 9. The van der Waals surface area contributed by atoms with Crippen LogP contribution in [0.2, 0.25) is 0 Å². The van der Waals surface area contributed by atoms with Crippen LogP contribution in [0, 0.1) is 6.92 Å². The van der Waals surface area contributed by atoms with E-state index in [4.69, 9.17) is 0 Å². The van der Waals surface area contributed by atoms with Gasteiger partial charge in [-0.25, -0.2) is 4.98 Å². The zero-order valence-electron chi connectivity index (χ0n) is 15.3. The first-order valence-electron chi connectivity index (χ1n) is 8.54. The van der Waals surface area contributed by atoms with E-state index < -0.39 is 0 Å². The van der Waals surface area contributed by atoms with Crippen molar-refractivity contribution in [2.24, 2.45) is 0 Å². The van der Waals surface area contributed by atoms with Gasteiger partial charge in [0, 0.05) is 22.6 Å². The molecule has 0 spiro atoms. The molecule has 7 heteroatoms. The zero-order chi connectivity index (χ0) is 18.9. The van der Waals surface area contributed by atoms with E-state index in [1.165, 1.54) is 35.8 Å². The molecule has 1 amide bonds. The number of benzene rings is 1. The molecule has 2 rings (SSSR count). The van der Waals surface area contributed by atoms with Crippen molar-refractivity contribution in [2.45, 2.75) is 33.1 Å². The van der Waals surface area contributed by atoms with Crippen molar-refractivity contribution in [2.75, 3.05) is 23.9 Å². The summed E-state index contributed by atoms with van der Waals surface area (Å²) in [5, 5.41) is 3.46. The maximum Gasteiger partial charge on any atom is 0.315 e. The second-order valence-corrected chi connectivity index (χ2v) is 8.11. The van der Waals surface area contributed by atoms with E-state index in [2.05, 4.69) is 46.2 Å². The number of aromatic nitrogens is 1. The minimum absolute atomic E-state index is 0.0963. The van der Waals surface area contributed by atoms with Crippen LogP contribution in [0.25, 0.3) is 11.3 Å². The summed E-state index contributed by atoms with van der Waals surface area (Å²) >= 11 is 2.86. The third kappa shape index (κ3) is 6.14. The Hall–Kier alpha value is -1.86. The van der Waals surface area contributed by atoms with Gasteiger partial charge in [0.15, 0.2) is 5.13 Å². The Morgan fingerprint density at radius 3 is 2.65 bits per heavy atom. The molecule has 0 atom stereocenters. The van der Waals surface area contributed by atoms with Crippen LogP contribution >= 0.6 is 23.1 Å². The van der Waals surface area contributed by atoms with E-state index >= 15 is 0 Å². The number of thiazole rings is 1. The molecule has 5 nitrogen and oxygen atoms in total. The molecule has 0 fully saturated rings. The highest BCUT2D eigenvalue weighted by molar-refractivity contribution is 7.99. The first-order chi connectivity index (χ1) is 12.5. The molecule has 1 aromatic carbocycles. The second kappa shape index (κ2) is 10.3. The Labute approximate surface area is 162 Å². The number of hydrogen-bond acceptors (Lipinski definition) is 6. The summed E-state index contributed by atoms with van der Waals surface area (Å²) in [4.78, 5) is 28.7. The van der Waals surface area contributed by atoms with Crippen molar-refractivity contribution >= 4 is 40.1 Å². The van der Waals surface area contributed by atoms with Crippen LogP contribution in [0.4, 0.5) is 5.13 Å². The fourth-order valence-electron chi connectivity index (χ4n) is 2.40. The molecular formula is C19H24N2O3S2. The Morgan fingerprint density at radius 1 is 1.27 bits per heavy atom. The van der Waals surface area contributed by atoms with E-state index in [-0.39, 0.29) is 17.6 Å². The fraction of sp³-hybridized carbons (Fsp3) is 0.421. The number of thioether (sulfide) groups is 1. The number of nitrogens with zero attached hydrogens (tertiary/aromatic N) is 1. The molecule has 0 aliphatic heterocycles. The van der Waals surface area contributed by atoms with Crippen molar-refractivity contribution in [1.29, 1.82) is 0 Å². The van der Waals surface area contributed by atoms with E-state index in [0.717, 1.165) is 29.0 Å². The smallest absolute Gasteiger partial charge is 0.315 e. The summed E-state index contributed by atoms with van der Waals surface area (Å²) in [6, 6.07) is 8.44. The lowest BCUT2D eigenvalue weighted by atomic mass is 10.1. The first-order valence-corrected chi connectivity index (χ1v) is 10.5. The predicted octanol–water partition coefficient (Wildman–Crippen LogP) is 4.31. The highest BCUT2D eigenvalue weighted by Crippen LogP contribution is 2.30. The Bertz CT molecular complexity index is 742. The lowest BCUT2D eigenvalue weighted by Gasteiger charge is -2.02. The van der Waals surface area contributed by atoms with Crippen molar-refractivity contribution < 1.29 is 14.3 Å². The van der Waals surface area contributed by atoms with Crippen molar-refractivity contribution in [1.82, 2.24) is 4.98 Å². The molecule has 0 radical (unpaired) electrons. The third-order valence-electron chi connectivity index (χ3n) is 3.73. The summed E-state index contributed by atoms with van der Waals surface area (Å²) in [7, 11) is 1.36. The van der Waals surface area contributed by atoms with Gasteiger partial charge in [-0.05, 0) is 18.9 Å². The summed E-state index contributed by atoms with van der Waals surface area (Å²) < 4.78 is 4.56. The number of methoxy groups -OCH3 is 1. The van der Waals surface area contributed by atoms with Gasteiger partial charge < -0.3 is 10.1 Å². The maximum atomic E-state index is 12.0. The number of anilines is 1. The molecule has 0 saturated heterocycles. The summed E-state index contributed by atoms with van der Waals surface area (Å²) in [5.41, 5.74) is 3.29. The summed E-state index contributed by atoms with van der Waals surface area (Å²) in [5.74, 6) is 0.455. The van der Waals surface area contributed by atoms with E-state index in [1.807, 2.05) is 6.92 Å². The van der Waals surface area contributed by atoms with Crippen molar-refractivity contribution in [3.05, 3.63) is 34.7 Å². The van der Waals surface area contributed by atoms with Gasteiger partial charge in [0.05, 0.1) is 18.6 Å². The largest absolute Gasteiger partial charge is 0.468 e. The topological polar surface area (TPSA) is 68.3 Å². The van der Waals surface area contributed by atoms with Gasteiger partial charge in [-0.3, -0.25) is 9.59 Å². The molecule has 0 bridgehead atoms. The number of carbonyl (C=O) groups excluding carboxylic acids is 2. The lowest BCUT2D eigenvalue weighted by Crippen LogP contribution is -2.13. The lowest BCUT2D eigenvalue weighted by molar-refractivity contribution is -0.137. The first kappa shape index (κ1) is 20.5. The van der Waals surface area contributed by atoms with Gasteiger partial charge in [0.25, 0.3) is 0 Å². The SMILES string of the molecule is CCCc1ccc(-c2nc(NC(=O)CCSCC(=O)OC)sc2C)cc1. The quantitative estimate of drug-likeness (QED) is 0.509. The minimum Gasteiger partial charge on any atom is -0.468 e. The minimum atomic E-state index is -0.277. The standard InChI is InChI=1S/C19H24N2O3S2/c1-4-5-14-6-8-15(9-7-14)18-13(2)26-19(21-18)20-16(22)10-11-25-12-17(23)24-3/h6-9H,4-5,10-12H2,1-3H3,(H,20,21,22).